The molecule has 0 fully saturated rings. The molecule has 0 aliphatic heterocycles. The van der Waals surface area contributed by atoms with E-state index in [1.807, 2.05) is 0 Å². The summed E-state index contributed by atoms with van der Waals surface area (Å²) < 4.78 is 4.96. The number of nitrogens with one attached hydrogen (secondary N) is 1. The van der Waals surface area contributed by atoms with Crippen molar-refractivity contribution < 1.29 is 9.66 Å². The monoisotopic (exact) mass is 286 g/mol. The molecule has 0 aliphatic carbocycles. The lowest BCUT2D eigenvalue weighted by molar-refractivity contribution is -0.385. The van der Waals surface area contributed by atoms with Crippen molar-refractivity contribution in [1.29, 1.82) is 0 Å². The average Bonchev–Trinajstić information content (AvgIpc) is 2.39. The van der Waals surface area contributed by atoms with Gasteiger partial charge in [0, 0.05) is 26.3 Å². The number of hydrogen-bond donors (Lipinski definition) is 1. The Hall–Kier alpha value is -1.17. The second-order valence-electron chi connectivity index (χ2n) is 4.22. The Kier molecular flexibility index (Phi) is 7.40. The maximum absolute atomic E-state index is 10.9. The number of ether oxygens (including phenoxy) is 1. The first kappa shape index (κ1) is 15.9. The molecule has 0 aromatic heterocycles. The Morgan fingerprint density at radius 3 is 2.84 bits per heavy atom. The Balaban J connectivity index is 2.38. The zero-order valence-corrected chi connectivity index (χ0v) is 11.8. The van der Waals surface area contributed by atoms with Crippen molar-refractivity contribution in [2.75, 3.05) is 20.3 Å². The molecule has 106 valence electrons. The van der Waals surface area contributed by atoms with Gasteiger partial charge in [-0.1, -0.05) is 17.7 Å². The van der Waals surface area contributed by atoms with Crippen molar-refractivity contribution in [1.82, 2.24) is 5.32 Å². The summed E-state index contributed by atoms with van der Waals surface area (Å²) in [5.41, 5.74) is 0.616. The topological polar surface area (TPSA) is 64.4 Å². The minimum absolute atomic E-state index is 0.0689. The molecule has 0 spiro atoms. The van der Waals surface area contributed by atoms with E-state index < -0.39 is 4.92 Å². The van der Waals surface area contributed by atoms with Crippen LogP contribution in [0.1, 0.15) is 24.8 Å². The predicted octanol–water partition coefficient (Wildman–Crippen LogP) is 3.15. The Bertz CT molecular complexity index is 413. The molecular weight excluding hydrogens is 268 g/mol. The van der Waals surface area contributed by atoms with E-state index in [1.54, 1.807) is 19.2 Å². The van der Waals surface area contributed by atoms with Crippen LogP contribution in [-0.4, -0.2) is 25.2 Å². The van der Waals surface area contributed by atoms with E-state index >= 15 is 0 Å². The third-order valence-electron chi connectivity index (χ3n) is 2.79. The fourth-order valence-corrected chi connectivity index (χ4v) is 2.02. The first-order chi connectivity index (χ1) is 9.16. The van der Waals surface area contributed by atoms with Crippen molar-refractivity contribution >= 4 is 17.3 Å². The van der Waals surface area contributed by atoms with E-state index in [-0.39, 0.29) is 5.69 Å². The quantitative estimate of drug-likeness (QED) is 0.430. The molecule has 0 heterocycles. The van der Waals surface area contributed by atoms with Crippen molar-refractivity contribution in [2.24, 2.45) is 0 Å². The lowest BCUT2D eigenvalue weighted by Gasteiger charge is -2.07. The molecule has 1 aromatic rings. The molecule has 1 N–H and O–H groups in total. The molecule has 19 heavy (non-hydrogen) atoms. The second-order valence-corrected chi connectivity index (χ2v) is 4.63. The van der Waals surface area contributed by atoms with Gasteiger partial charge in [-0.15, -0.1) is 0 Å². The molecule has 0 aliphatic rings. The largest absolute Gasteiger partial charge is 0.385 e. The third kappa shape index (κ3) is 5.55. The summed E-state index contributed by atoms with van der Waals surface area (Å²) in [5, 5.41) is 14.5. The number of unbranched alkanes of at least 4 members (excludes halogenated alkanes) is 2. The maximum Gasteiger partial charge on any atom is 0.275 e. The maximum atomic E-state index is 10.9. The highest BCUT2D eigenvalue weighted by Crippen LogP contribution is 2.25. The molecule has 5 nitrogen and oxygen atoms in total. The average molecular weight is 287 g/mol. The van der Waals surface area contributed by atoms with Crippen LogP contribution in [0.5, 0.6) is 0 Å². The highest BCUT2D eigenvalue weighted by molar-refractivity contribution is 6.31. The minimum Gasteiger partial charge on any atom is -0.385 e. The van der Waals surface area contributed by atoms with Gasteiger partial charge in [-0.2, -0.15) is 0 Å². The van der Waals surface area contributed by atoms with Gasteiger partial charge in [0.2, 0.25) is 0 Å². The van der Waals surface area contributed by atoms with E-state index in [9.17, 15) is 10.1 Å². The van der Waals surface area contributed by atoms with Gasteiger partial charge in [0.1, 0.15) is 0 Å². The van der Waals surface area contributed by atoms with Crippen LogP contribution in [0.3, 0.4) is 0 Å². The Morgan fingerprint density at radius 2 is 2.16 bits per heavy atom. The van der Waals surface area contributed by atoms with Crippen LogP contribution in [0, 0.1) is 10.1 Å². The molecule has 0 saturated heterocycles. The predicted molar refractivity (Wildman–Crippen MR) is 75.5 cm³/mol. The SMILES string of the molecule is COCCCCCNCc1c(Cl)cccc1[N+](=O)[O-]. The van der Waals surface area contributed by atoms with Crippen molar-refractivity contribution in [2.45, 2.75) is 25.8 Å². The minimum atomic E-state index is -0.401. The fraction of sp³-hybridized carbons (Fsp3) is 0.538. The number of nitro benzene ring substituents is 1. The van der Waals surface area contributed by atoms with E-state index in [1.165, 1.54) is 6.07 Å². The molecule has 0 bridgehead atoms. The van der Waals surface area contributed by atoms with Gasteiger partial charge in [-0.25, -0.2) is 0 Å². The lowest BCUT2D eigenvalue weighted by Crippen LogP contribution is -2.16. The van der Waals surface area contributed by atoms with Gasteiger partial charge in [0.25, 0.3) is 5.69 Å². The first-order valence-electron chi connectivity index (χ1n) is 6.28. The molecule has 1 aromatic carbocycles. The summed E-state index contributed by atoms with van der Waals surface area (Å²) in [6.07, 6.45) is 3.12. The zero-order chi connectivity index (χ0) is 14.1. The van der Waals surface area contributed by atoms with Gasteiger partial charge in [-0.05, 0) is 31.9 Å². The summed E-state index contributed by atoms with van der Waals surface area (Å²) in [5.74, 6) is 0. The number of nitro groups is 1. The van der Waals surface area contributed by atoms with Crippen LogP contribution in [-0.2, 0) is 11.3 Å². The van der Waals surface area contributed by atoms with Gasteiger partial charge in [0.15, 0.2) is 0 Å². The molecule has 0 amide bonds. The third-order valence-corrected chi connectivity index (χ3v) is 3.15. The van der Waals surface area contributed by atoms with Crippen LogP contribution in [0.15, 0.2) is 18.2 Å². The number of rotatable bonds is 9. The highest BCUT2D eigenvalue weighted by atomic mass is 35.5. The molecule has 1 rings (SSSR count). The van der Waals surface area contributed by atoms with E-state index in [0.717, 1.165) is 32.4 Å². The Morgan fingerprint density at radius 1 is 1.37 bits per heavy atom. The van der Waals surface area contributed by atoms with Crippen LogP contribution < -0.4 is 5.32 Å². The number of hydrogen-bond acceptors (Lipinski definition) is 4. The molecule has 0 radical (unpaired) electrons. The summed E-state index contributed by atoms with van der Waals surface area (Å²) >= 11 is 5.99. The van der Waals surface area contributed by atoms with Crippen molar-refractivity contribution in [3.8, 4) is 0 Å². The summed E-state index contributed by atoms with van der Waals surface area (Å²) in [6.45, 7) is 2.00. The number of methoxy groups -OCH3 is 1. The Labute approximate surface area is 118 Å². The van der Waals surface area contributed by atoms with Crippen molar-refractivity contribution in [3.05, 3.63) is 38.9 Å². The molecule has 0 unspecified atom stereocenters. The lowest BCUT2D eigenvalue weighted by atomic mass is 10.1. The second kappa shape index (κ2) is 8.85. The van der Waals surface area contributed by atoms with Crippen LogP contribution in [0.25, 0.3) is 0 Å². The standard InChI is InChI=1S/C13H19ClN2O3/c1-19-9-4-2-3-8-15-10-11-12(14)6-5-7-13(11)16(17)18/h5-7,15H,2-4,8-10H2,1H3. The van der Waals surface area contributed by atoms with Gasteiger partial charge >= 0.3 is 0 Å². The molecule has 0 atom stereocenters. The van der Waals surface area contributed by atoms with E-state index in [0.29, 0.717) is 17.1 Å². The summed E-state index contributed by atoms with van der Waals surface area (Å²) in [6, 6.07) is 4.74. The number of halogens is 1. The van der Waals surface area contributed by atoms with Crippen LogP contribution in [0.4, 0.5) is 5.69 Å². The molecule has 6 heteroatoms. The molecule has 0 saturated carbocycles. The normalized spacial score (nSPS) is 10.6. The number of benzene rings is 1. The number of nitrogens with zero attached hydrogens (tertiary/aromatic N) is 1. The van der Waals surface area contributed by atoms with Gasteiger partial charge < -0.3 is 10.1 Å². The summed E-state index contributed by atoms with van der Waals surface area (Å²) in [4.78, 5) is 10.5. The van der Waals surface area contributed by atoms with Crippen LogP contribution >= 0.6 is 11.6 Å². The first-order valence-corrected chi connectivity index (χ1v) is 6.66. The summed E-state index contributed by atoms with van der Waals surface area (Å²) in [7, 11) is 1.69. The van der Waals surface area contributed by atoms with Gasteiger partial charge in [0.05, 0.1) is 15.5 Å². The highest BCUT2D eigenvalue weighted by Gasteiger charge is 2.15. The van der Waals surface area contributed by atoms with Gasteiger partial charge in [-0.3, -0.25) is 10.1 Å². The smallest absolute Gasteiger partial charge is 0.275 e. The van der Waals surface area contributed by atoms with E-state index in [4.69, 9.17) is 16.3 Å². The zero-order valence-electron chi connectivity index (χ0n) is 11.0. The fourth-order valence-electron chi connectivity index (χ4n) is 1.78. The van der Waals surface area contributed by atoms with E-state index in [2.05, 4.69) is 5.32 Å². The van der Waals surface area contributed by atoms with Crippen molar-refractivity contribution in [3.63, 3.8) is 0 Å². The van der Waals surface area contributed by atoms with Crippen LogP contribution in [0.2, 0.25) is 5.02 Å². The molecular formula is C13H19ClN2O3.